The second-order valence-electron chi connectivity index (χ2n) is 6.33. The molecule has 1 saturated heterocycles. The Morgan fingerprint density at radius 1 is 1.27 bits per heavy atom. The van der Waals surface area contributed by atoms with Crippen LogP contribution in [0.4, 0.5) is 11.4 Å². The Morgan fingerprint density at radius 2 is 2.04 bits per heavy atom. The van der Waals surface area contributed by atoms with Gasteiger partial charge in [-0.05, 0) is 56.2 Å². The second kappa shape index (κ2) is 7.79. The van der Waals surface area contributed by atoms with Crippen molar-refractivity contribution in [2.24, 2.45) is 0 Å². The molecule has 1 aliphatic heterocycles. The molecule has 2 aromatic rings. The summed E-state index contributed by atoms with van der Waals surface area (Å²) in [5.41, 5.74) is 2.19. The normalized spacial score (nSPS) is 15.0. The van der Waals surface area contributed by atoms with E-state index in [4.69, 9.17) is 16.3 Å². The van der Waals surface area contributed by atoms with Gasteiger partial charge >= 0.3 is 0 Å². The van der Waals surface area contributed by atoms with E-state index < -0.39 is 6.10 Å². The monoisotopic (exact) mass is 372 g/mol. The number of para-hydroxylation sites is 2. The minimum absolute atomic E-state index is 0.0767. The molecule has 1 N–H and O–H groups in total. The number of halogens is 1. The highest BCUT2D eigenvalue weighted by Gasteiger charge is 2.25. The van der Waals surface area contributed by atoms with E-state index in [0.717, 1.165) is 17.7 Å². The predicted octanol–water partition coefficient (Wildman–Crippen LogP) is 4.18. The van der Waals surface area contributed by atoms with Crippen LogP contribution in [0, 0.1) is 6.92 Å². The minimum atomic E-state index is -0.697. The third kappa shape index (κ3) is 3.99. The molecular formula is C20H21ClN2O3. The fourth-order valence-electron chi connectivity index (χ4n) is 2.94. The van der Waals surface area contributed by atoms with E-state index in [0.29, 0.717) is 29.4 Å². The van der Waals surface area contributed by atoms with Gasteiger partial charge in [0.15, 0.2) is 6.10 Å². The largest absolute Gasteiger partial charge is 0.481 e. The SMILES string of the molecule is Cc1cc(Cl)ccc1OC(C)C(=O)Nc1ccccc1N1CCCC1=O. The number of ether oxygens (including phenoxy) is 1. The zero-order valence-electron chi connectivity index (χ0n) is 14.8. The smallest absolute Gasteiger partial charge is 0.265 e. The molecule has 1 atom stereocenters. The average molecular weight is 373 g/mol. The molecule has 0 aromatic heterocycles. The van der Waals surface area contributed by atoms with E-state index in [1.165, 1.54) is 0 Å². The van der Waals surface area contributed by atoms with E-state index in [2.05, 4.69) is 5.32 Å². The predicted molar refractivity (Wildman–Crippen MR) is 103 cm³/mol. The van der Waals surface area contributed by atoms with Gasteiger partial charge in [-0.15, -0.1) is 0 Å². The van der Waals surface area contributed by atoms with Crippen molar-refractivity contribution >= 4 is 34.8 Å². The lowest BCUT2D eigenvalue weighted by Gasteiger charge is -2.21. The zero-order valence-corrected chi connectivity index (χ0v) is 15.5. The zero-order chi connectivity index (χ0) is 18.7. The number of amides is 2. The molecule has 1 unspecified atom stereocenters. The number of hydrogen-bond acceptors (Lipinski definition) is 3. The summed E-state index contributed by atoms with van der Waals surface area (Å²) in [6, 6.07) is 12.6. The van der Waals surface area contributed by atoms with Crippen LogP contribution in [-0.2, 0) is 9.59 Å². The highest BCUT2D eigenvalue weighted by atomic mass is 35.5. The van der Waals surface area contributed by atoms with E-state index >= 15 is 0 Å². The number of anilines is 2. The van der Waals surface area contributed by atoms with Crippen molar-refractivity contribution in [1.29, 1.82) is 0 Å². The van der Waals surface area contributed by atoms with Crippen molar-refractivity contribution in [2.45, 2.75) is 32.8 Å². The van der Waals surface area contributed by atoms with Crippen molar-refractivity contribution in [3.05, 3.63) is 53.1 Å². The lowest BCUT2D eigenvalue weighted by Crippen LogP contribution is -2.32. The first-order valence-electron chi connectivity index (χ1n) is 8.59. The molecule has 5 nitrogen and oxygen atoms in total. The van der Waals surface area contributed by atoms with Crippen molar-refractivity contribution in [1.82, 2.24) is 0 Å². The van der Waals surface area contributed by atoms with Crippen molar-refractivity contribution in [2.75, 3.05) is 16.8 Å². The average Bonchev–Trinajstić information content (AvgIpc) is 3.03. The first-order chi connectivity index (χ1) is 12.5. The Bertz CT molecular complexity index is 838. The van der Waals surface area contributed by atoms with E-state index in [-0.39, 0.29) is 11.8 Å². The number of aryl methyl sites for hydroxylation is 1. The van der Waals surface area contributed by atoms with E-state index in [1.807, 2.05) is 25.1 Å². The minimum Gasteiger partial charge on any atom is -0.481 e. The molecule has 136 valence electrons. The van der Waals surface area contributed by atoms with Gasteiger partial charge < -0.3 is 15.0 Å². The van der Waals surface area contributed by atoms with Gasteiger partial charge in [0.25, 0.3) is 5.91 Å². The van der Waals surface area contributed by atoms with Crippen molar-refractivity contribution < 1.29 is 14.3 Å². The van der Waals surface area contributed by atoms with Crippen LogP contribution in [0.5, 0.6) is 5.75 Å². The molecule has 0 spiro atoms. The Morgan fingerprint density at radius 3 is 2.73 bits per heavy atom. The number of hydrogen-bond donors (Lipinski definition) is 1. The van der Waals surface area contributed by atoms with Crippen LogP contribution in [0.2, 0.25) is 5.02 Å². The Hall–Kier alpha value is -2.53. The molecule has 6 heteroatoms. The molecule has 1 fully saturated rings. The molecule has 0 saturated carbocycles. The summed E-state index contributed by atoms with van der Waals surface area (Å²) in [6.07, 6.45) is 0.672. The summed E-state index contributed by atoms with van der Waals surface area (Å²) in [6.45, 7) is 4.23. The van der Waals surface area contributed by atoms with Gasteiger partial charge in [0.1, 0.15) is 5.75 Å². The fourth-order valence-corrected chi connectivity index (χ4v) is 3.17. The first kappa shape index (κ1) is 18.3. The van der Waals surface area contributed by atoms with Gasteiger partial charge in [0.05, 0.1) is 11.4 Å². The summed E-state index contributed by atoms with van der Waals surface area (Å²) in [7, 11) is 0. The number of carbonyl (C=O) groups is 2. The van der Waals surface area contributed by atoms with Crippen molar-refractivity contribution in [3.63, 3.8) is 0 Å². The number of nitrogens with one attached hydrogen (secondary N) is 1. The standard InChI is InChI=1S/C20H21ClN2O3/c1-13-12-15(21)9-10-18(13)26-14(2)20(25)22-16-6-3-4-7-17(16)23-11-5-8-19(23)24/h3-4,6-7,9-10,12,14H,5,8,11H2,1-2H3,(H,22,25). The van der Waals surface area contributed by atoms with Crippen LogP contribution in [0.25, 0.3) is 0 Å². The molecule has 2 aromatic carbocycles. The van der Waals surface area contributed by atoms with Crippen molar-refractivity contribution in [3.8, 4) is 5.75 Å². The molecule has 0 bridgehead atoms. The lowest BCUT2D eigenvalue weighted by atomic mass is 10.2. The molecule has 1 heterocycles. The van der Waals surface area contributed by atoms with Gasteiger partial charge in [0.2, 0.25) is 5.91 Å². The maximum Gasteiger partial charge on any atom is 0.265 e. The van der Waals surface area contributed by atoms with E-state index in [1.54, 1.807) is 36.1 Å². The topological polar surface area (TPSA) is 58.6 Å². The Labute approximate surface area is 157 Å². The molecule has 1 aliphatic rings. The Balaban J connectivity index is 1.72. The highest BCUT2D eigenvalue weighted by Crippen LogP contribution is 2.30. The third-order valence-corrected chi connectivity index (χ3v) is 4.57. The quantitative estimate of drug-likeness (QED) is 0.856. The van der Waals surface area contributed by atoms with Gasteiger partial charge in [-0.3, -0.25) is 9.59 Å². The molecule has 0 aliphatic carbocycles. The van der Waals surface area contributed by atoms with Crippen LogP contribution >= 0.6 is 11.6 Å². The Kier molecular flexibility index (Phi) is 5.47. The van der Waals surface area contributed by atoms with Gasteiger partial charge in [0, 0.05) is 18.0 Å². The van der Waals surface area contributed by atoms with Gasteiger partial charge in [-0.1, -0.05) is 23.7 Å². The molecule has 26 heavy (non-hydrogen) atoms. The number of benzene rings is 2. The van der Waals surface area contributed by atoms with Crippen LogP contribution < -0.4 is 15.0 Å². The van der Waals surface area contributed by atoms with Crippen LogP contribution in [-0.4, -0.2) is 24.5 Å². The van der Waals surface area contributed by atoms with E-state index in [9.17, 15) is 9.59 Å². The van der Waals surface area contributed by atoms with Gasteiger partial charge in [-0.25, -0.2) is 0 Å². The number of nitrogens with zero attached hydrogens (tertiary/aromatic N) is 1. The fraction of sp³-hybridized carbons (Fsp3) is 0.300. The van der Waals surface area contributed by atoms with Crippen LogP contribution in [0.1, 0.15) is 25.3 Å². The first-order valence-corrected chi connectivity index (χ1v) is 8.96. The summed E-state index contributed by atoms with van der Waals surface area (Å²) in [5.74, 6) is 0.409. The molecule has 2 amide bonds. The number of carbonyl (C=O) groups excluding carboxylic acids is 2. The summed E-state index contributed by atoms with van der Waals surface area (Å²) in [5, 5.41) is 3.50. The maximum atomic E-state index is 12.6. The molecular weight excluding hydrogens is 352 g/mol. The van der Waals surface area contributed by atoms with Crippen LogP contribution in [0.15, 0.2) is 42.5 Å². The number of rotatable bonds is 5. The maximum absolute atomic E-state index is 12.6. The highest BCUT2D eigenvalue weighted by molar-refractivity contribution is 6.30. The summed E-state index contributed by atoms with van der Waals surface area (Å²) in [4.78, 5) is 26.3. The van der Waals surface area contributed by atoms with Gasteiger partial charge in [-0.2, -0.15) is 0 Å². The molecule has 3 rings (SSSR count). The third-order valence-electron chi connectivity index (χ3n) is 4.34. The second-order valence-corrected chi connectivity index (χ2v) is 6.76. The molecule has 0 radical (unpaired) electrons. The summed E-state index contributed by atoms with van der Waals surface area (Å²) >= 11 is 5.95. The lowest BCUT2D eigenvalue weighted by molar-refractivity contribution is -0.122. The summed E-state index contributed by atoms with van der Waals surface area (Å²) < 4.78 is 5.77. The van der Waals surface area contributed by atoms with Crippen LogP contribution in [0.3, 0.4) is 0 Å².